The Kier molecular flexibility index (Phi) is 2.33. The van der Waals surface area contributed by atoms with Crippen LogP contribution in [0.5, 0.6) is 0 Å². The van der Waals surface area contributed by atoms with Crippen LogP contribution in [0, 0.1) is 5.41 Å². The summed E-state index contributed by atoms with van der Waals surface area (Å²) in [6.45, 7) is 4.25. The molecule has 76 valence electrons. The maximum absolute atomic E-state index is 9.47. The molecule has 1 heterocycles. The number of rotatable bonds is 1. The lowest BCUT2D eigenvalue weighted by Crippen LogP contribution is -2.16. The van der Waals surface area contributed by atoms with Crippen molar-refractivity contribution in [2.75, 3.05) is 0 Å². The van der Waals surface area contributed by atoms with E-state index in [4.69, 9.17) is 4.74 Å². The van der Waals surface area contributed by atoms with Crippen LogP contribution >= 0.6 is 0 Å². The van der Waals surface area contributed by atoms with E-state index in [1.807, 2.05) is 30.3 Å². The third-order valence-electron chi connectivity index (χ3n) is 2.81. The van der Waals surface area contributed by atoms with Crippen molar-refractivity contribution in [2.45, 2.75) is 32.7 Å². The second kappa shape index (κ2) is 3.37. The highest BCUT2D eigenvalue weighted by atomic mass is 16.6. The number of aliphatic hydroxyl groups is 1. The molecule has 0 amide bonds. The molecule has 0 aromatic heterocycles. The minimum Gasteiger partial charge on any atom is -0.368 e. The predicted molar refractivity (Wildman–Crippen MR) is 54.7 cm³/mol. The van der Waals surface area contributed by atoms with Gasteiger partial charge >= 0.3 is 0 Å². The standard InChI is InChI=1S/C12H16O2/c1-12(2)8-10(13)14-11(12)9-6-4-3-5-7-9/h3-7,10-11,13H,8H2,1-2H3. The SMILES string of the molecule is CC1(C)CC(O)OC1c1ccccc1. The van der Waals surface area contributed by atoms with Gasteiger partial charge in [-0.05, 0) is 5.56 Å². The lowest BCUT2D eigenvalue weighted by Gasteiger charge is -2.24. The Labute approximate surface area is 84.5 Å². The highest BCUT2D eigenvalue weighted by Gasteiger charge is 2.41. The van der Waals surface area contributed by atoms with Crippen LogP contribution in [0.25, 0.3) is 0 Å². The molecule has 2 atom stereocenters. The Bertz CT molecular complexity index is 305. The van der Waals surface area contributed by atoms with Crippen LogP contribution in [0.2, 0.25) is 0 Å². The summed E-state index contributed by atoms with van der Waals surface area (Å²) in [7, 11) is 0. The third-order valence-corrected chi connectivity index (χ3v) is 2.81. The molecule has 1 fully saturated rings. The Hall–Kier alpha value is -0.860. The van der Waals surface area contributed by atoms with Crippen LogP contribution in [0.3, 0.4) is 0 Å². The summed E-state index contributed by atoms with van der Waals surface area (Å²) in [5.41, 5.74) is 1.16. The van der Waals surface area contributed by atoms with Crippen molar-refractivity contribution in [3.8, 4) is 0 Å². The molecular formula is C12H16O2. The van der Waals surface area contributed by atoms with Gasteiger partial charge in [0.15, 0.2) is 6.29 Å². The monoisotopic (exact) mass is 192 g/mol. The van der Waals surface area contributed by atoms with Crippen molar-refractivity contribution < 1.29 is 9.84 Å². The zero-order chi connectivity index (χ0) is 10.2. The van der Waals surface area contributed by atoms with Crippen molar-refractivity contribution >= 4 is 0 Å². The van der Waals surface area contributed by atoms with Gasteiger partial charge in [-0.25, -0.2) is 0 Å². The average Bonchev–Trinajstić information content (AvgIpc) is 2.41. The molecule has 0 spiro atoms. The third kappa shape index (κ3) is 1.68. The zero-order valence-corrected chi connectivity index (χ0v) is 8.60. The van der Waals surface area contributed by atoms with Crippen molar-refractivity contribution in [3.05, 3.63) is 35.9 Å². The maximum atomic E-state index is 9.47. The highest BCUT2D eigenvalue weighted by molar-refractivity contribution is 5.20. The van der Waals surface area contributed by atoms with Gasteiger partial charge in [0.1, 0.15) is 0 Å². The maximum Gasteiger partial charge on any atom is 0.156 e. The van der Waals surface area contributed by atoms with E-state index in [-0.39, 0.29) is 11.5 Å². The van der Waals surface area contributed by atoms with E-state index in [9.17, 15) is 5.11 Å². The molecule has 14 heavy (non-hydrogen) atoms. The van der Waals surface area contributed by atoms with E-state index < -0.39 is 6.29 Å². The number of ether oxygens (including phenoxy) is 1. The smallest absolute Gasteiger partial charge is 0.156 e. The fourth-order valence-electron chi connectivity index (χ4n) is 2.10. The first-order valence-corrected chi connectivity index (χ1v) is 4.98. The highest BCUT2D eigenvalue weighted by Crippen LogP contribution is 2.46. The lowest BCUT2D eigenvalue weighted by atomic mass is 9.82. The van der Waals surface area contributed by atoms with Crippen LogP contribution < -0.4 is 0 Å². The molecule has 1 aliphatic rings. The van der Waals surface area contributed by atoms with Crippen molar-refractivity contribution in [2.24, 2.45) is 5.41 Å². The fraction of sp³-hybridized carbons (Fsp3) is 0.500. The summed E-state index contributed by atoms with van der Waals surface area (Å²) in [5.74, 6) is 0. The molecule has 0 bridgehead atoms. The van der Waals surface area contributed by atoms with E-state index in [1.165, 1.54) is 0 Å². The number of aliphatic hydroxyl groups excluding tert-OH is 1. The molecule has 1 saturated heterocycles. The zero-order valence-electron chi connectivity index (χ0n) is 8.60. The molecular weight excluding hydrogens is 176 g/mol. The minimum absolute atomic E-state index is 0.0127. The van der Waals surface area contributed by atoms with Gasteiger partial charge < -0.3 is 9.84 Å². The van der Waals surface area contributed by atoms with Crippen LogP contribution in [0.15, 0.2) is 30.3 Å². The van der Waals surface area contributed by atoms with E-state index in [2.05, 4.69) is 13.8 Å². The summed E-state index contributed by atoms with van der Waals surface area (Å²) in [5, 5.41) is 9.47. The quantitative estimate of drug-likeness (QED) is 0.740. The first-order chi connectivity index (χ1) is 6.59. The molecule has 2 unspecified atom stereocenters. The Balaban J connectivity index is 2.27. The van der Waals surface area contributed by atoms with E-state index >= 15 is 0 Å². The molecule has 2 heteroatoms. The van der Waals surface area contributed by atoms with Gasteiger partial charge in [-0.2, -0.15) is 0 Å². The second-order valence-electron chi connectivity index (χ2n) is 4.57. The Morgan fingerprint density at radius 1 is 1.29 bits per heavy atom. The Morgan fingerprint density at radius 3 is 2.43 bits per heavy atom. The van der Waals surface area contributed by atoms with E-state index in [0.717, 1.165) is 5.56 Å². The number of hydrogen-bond donors (Lipinski definition) is 1. The summed E-state index contributed by atoms with van der Waals surface area (Å²) >= 11 is 0. The molecule has 0 saturated carbocycles. The molecule has 2 rings (SSSR count). The normalized spacial score (nSPS) is 30.5. The van der Waals surface area contributed by atoms with Gasteiger partial charge in [0.25, 0.3) is 0 Å². The van der Waals surface area contributed by atoms with Crippen LogP contribution in [-0.2, 0) is 4.74 Å². The molecule has 1 N–H and O–H groups in total. The van der Waals surface area contributed by atoms with E-state index in [1.54, 1.807) is 0 Å². The van der Waals surface area contributed by atoms with Crippen LogP contribution in [-0.4, -0.2) is 11.4 Å². The van der Waals surface area contributed by atoms with Crippen molar-refractivity contribution in [1.29, 1.82) is 0 Å². The Morgan fingerprint density at radius 2 is 1.93 bits per heavy atom. The molecule has 0 radical (unpaired) electrons. The number of hydrogen-bond acceptors (Lipinski definition) is 2. The molecule has 0 aliphatic carbocycles. The minimum atomic E-state index is -0.616. The van der Waals surface area contributed by atoms with Gasteiger partial charge in [0.05, 0.1) is 6.10 Å². The summed E-state index contributed by atoms with van der Waals surface area (Å²) in [6, 6.07) is 10.1. The van der Waals surface area contributed by atoms with Crippen molar-refractivity contribution in [3.63, 3.8) is 0 Å². The summed E-state index contributed by atoms with van der Waals surface area (Å²) < 4.78 is 5.52. The van der Waals surface area contributed by atoms with Gasteiger partial charge in [0, 0.05) is 11.8 Å². The largest absolute Gasteiger partial charge is 0.368 e. The topological polar surface area (TPSA) is 29.5 Å². The molecule has 2 nitrogen and oxygen atoms in total. The average molecular weight is 192 g/mol. The molecule has 1 aromatic carbocycles. The second-order valence-corrected chi connectivity index (χ2v) is 4.57. The van der Waals surface area contributed by atoms with Crippen molar-refractivity contribution in [1.82, 2.24) is 0 Å². The van der Waals surface area contributed by atoms with Crippen LogP contribution in [0.1, 0.15) is 31.9 Å². The van der Waals surface area contributed by atoms with Gasteiger partial charge in [-0.3, -0.25) is 0 Å². The summed E-state index contributed by atoms with van der Waals surface area (Å²) in [6.07, 6.45) is 0.0981. The first kappa shape index (κ1) is 9.69. The number of benzene rings is 1. The predicted octanol–water partition coefficient (Wildman–Crippen LogP) is 2.49. The first-order valence-electron chi connectivity index (χ1n) is 4.98. The molecule has 1 aliphatic heterocycles. The lowest BCUT2D eigenvalue weighted by molar-refractivity contribution is -0.0962. The summed E-state index contributed by atoms with van der Waals surface area (Å²) in [4.78, 5) is 0. The van der Waals surface area contributed by atoms with Gasteiger partial charge in [0.2, 0.25) is 0 Å². The van der Waals surface area contributed by atoms with Gasteiger partial charge in [-0.1, -0.05) is 44.2 Å². The van der Waals surface area contributed by atoms with Gasteiger partial charge in [-0.15, -0.1) is 0 Å². The fourth-order valence-corrected chi connectivity index (χ4v) is 2.10. The van der Waals surface area contributed by atoms with Crippen LogP contribution in [0.4, 0.5) is 0 Å². The van der Waals surface area contributed by atoms with E-state index in [0.29, 0.717) is 6.42 Å². The molecule has 1 aromatic rings.